The van der Waals surface area contributed by atoms with Crippen molar-refractivity contribution >= 4 is 11.6 Å². The lowest BCUT2D eigenvalue weighted by atomic mass is 9.99. The molecule has 20 heavy (non-hydrogen) atoms. The summed E-state index contributed by atoms with van der Waals surface area (Å²) >= 11 is 6.17. The van der Waals surface area contributed by atoms with E-state index in [0.717, 1.165) is 11.1 Å². The summed E-state index contributed by atoms with van der Waals surface area (Å²) in [6.45, 7) is 0. The van der Waals surface area contributed by atoms with E-state index in [2.05, 4.69) is 10.4 Å². The Labute approximate surface area is 122 Å². The summed E-state index contributed by atoms with van der Waals surface area (Å²) in [7, 11) is 3.20. The summed E-state index contributed by atoms with van der Waals surface area (Å²) in [6.07, 6.45) is 3.25. The lowest BCUT2D eigenvalue weighted by molar-refractivity contribution is 0.392. The zero-order valence-corrected chi connectivity index (χ0v) is 12.0. The van der Waals surface area contributed by atoms with E-state index in [9.17, 15) is 0 Å². The van der Waals surface area contributed by atoms with Gasteiger partial charge >= 0.3 is 0 Å². The fourth-order valence-corrected chi connectivity index (χ4v) is 2.21. The number of hydrogen-bond donors (Lipinski definition) is 2. The molecule has 2 rings (SSSR count). The Bertz CT molecular complexity index is 570. The van der Waals surface area contributed by atoms with E-state index in [1.165, 1.54) is 0 Å². The van der Waals surface area contributed by atoms with Gasteiger partial charge in [0.25, 0.3) is 0 Å². The number of methoxy groups -OCH3 is 2. The average Bonchev–Trinajstić information content (AvgIpc) is 2.49. The van der Waals surface area contributed by atoms with Gasteiger partial charge in [0.15, 0.2) is 0 Å². The third kappa shape index (κ3) is 3.01. The van der Waals surface area contributed by atoms with Crippen molar-refractivity contribution in [1.29, 1.82) is 0 Å². The van der Waals surface area contributed by atoms with Gasteiger partial charge in [0.1, 0.15) is 11.5 Å². The van der Waals surface area contributed by atoms with Crippen molar-refractivity contribution in [2.75, 3.05) is 14.2 Å². The molecule has 6 heteroatoms. The highest BCUT2D eigenvalue weighted by Crippen LogP contribution is 2.32. The maximum Gasteiger partial charge on any atom is 0.122 e. The van der Waals surface area contributed by atoms with E-state index < -0.39 is 0 Å². The number of benzene rings is 1. The molecule has 1 atom stereocenters. The fraction of sp³-hybridized carbons (Fsp3) is 0.214. The normalized spacial score (nSPS) is 12.0. The molecule has 106 valence electrons. The maximum atomic E-state index is 6.17. The Morgan fingerprint density at radius 1 is 1.20 bits per heavy atom. The van der Waals surface area contributed by atoms with Gasteiger partial charge in [-0.1, -0.05) is 11.6 Å². The quantitative estimate of drug-likeness (QED) is 0.654. The molecule has 1 unspecified atom stereocenters. The molecule has 2 aromatic rings. The van der Waals surface area contributed by atoms with Crippen LogP contribution in [-0.2, 0) is 0 Å². The van der Waals surface area contributed by atoms with Crippen LogP contribution < -0.4 is 20.7 Å². The van der Waals surface area contributed by atoms with Crippen LogP contribution in [0.15, 0.2) is 36.7 Å². The Morgan fingerprint density at radius 3 is 2.35 bits per heavy atom. The third-order valence-corrected chi connectivity index (χ3v) is 3.30. The van der Waals surface area contributed by atoms with Gasteiger partial charge in [0, 0.05) is 18.5 Å². The number of nitrogens with one attached hydrogen (secondary N) is 1. The standard InChI is InChI=1S/C14H16ClN3O2/c1-19-10-5-9(6-11(7-10)20-2)14(18-16)12-3-4-17-8-13(12)15/h3-8,14,18H,16H2,1-2H3. The second-order valence-corrected chi connectivity index (χ2v) is 4.55. The van der Waals surface area contributed by atoms with Crippen LogP contribution in [0.25, 0.3) is 0 Å². The van der Waals surface area contributed by atoms with Gasteiger partial charge in [-0.3, -0.25) is 10.8 Å². The first-order chi connectivity index (χ1) is 9.69. The van der Waals surface area contributed by atoms with Crippen LogP contribution in [0.2, 0.25) is 5.02 Å². The molecule has 0 spiro atoms. The van der Waals surface area contributed by atoms with Gasteiger partial charge in [-0.05, 0) is 29.3 Å². The van der Waals surface area contributed by atoms with Crippen molar-refractivity contribution in [1.82, 2.24) is 10.4 Å². The summed E-state index contributed by atoms with van der Waals surface area (Å²) in [4.78, 5) is 3.97. The monoisotopic (exact) mass is 293 g/mol. The summed E-state index contributed by atoms with van der Waals surface area (Å²) < 4.78 is 10.5. The van der Waals surface area contributed by atoms with E-state index in [0.29, 0.717) is 16.5 Å². The number of halogens is 1. The second-order valence-electron chi connectivity index (χ2n) is 4.14. The molecule has 1 aromatic heterocycles. The number of hydrazine groups is 1. The van der Waals surface area contributed by atoms with Crippen LogP contribution in [0.1, 0.15) is 17.2 Å². The first-order valence-corrected chi connectivity index (χ1v) is 6.36. The van der Waals surface area contributed by atoms with Crippen molar-refractivity contribution in [3.05, 3.63) is 52.8 Å². The number of aromatic nitrogens is 1. The van der Waals surface area contributed by atoms with Gasteiger partial charge in [-0.25, -0.2) is 5.43 Å². The molecule has 1 heterocycles. The van der Waals surface area contributed by atoms with Crippen molar-refractivity contribution in [3.63, 3.8) is 0 Å². The molecule has 0 aliphatic rings. The third-order valence-electron chi connectivity index (χ3n) is 2.99. The minimum Gasteiger partial charge on any atom is -0.497 e. The lowest BCUT2D eigenvalue weighted by Crippen LogP contribution is -2.29. The Balaban J connectivity index is 2.49. The number of nitrogens with zero attached hydrogens (tertiary/aromatic N) is 1. The van der Waals surface area contributed by atoms with Crippen LogP contribution in [0.5, 0.6) is 11.5 Å². The van der Waals surface area contributed by atoms with E-state index in [1.54, 1.807) is 32.7 Å². The zero-order valence-electron chi connectivity index (χ0n) is 11.3. The number of nitrogens with two attached hydrogens (primary N) is 1. The lowest BCUT2D eigenvalue weighted by Gasteiger charge is -2.19. The molecule has 0 saturated carbocycles. The minimum absolute atomic E-state index is 0.283. The van der Waals surface area contributed by atoms with Gasteiger partial charge in [0.05, 0.1) is 25.3 Å². The minimum atomic E-state index is -0.283. The molecule has 0 amide bonds. The van der Waals surface area contributed by atoms with Crippen LogP contribution in [0.3, 0.4) is 0 Å². The van der Waals surface area contributed by atoms with E-state index >= 15 is 0 Å². The first kappa shape index (κ1) is 14.6. The van der Waals surface area contributed by atoms with Crippen LogP contribution in [-0.4, -0.2) is 19.2 Å². The van der Waals surface area contributed by atoms with Crippen LogP contribution >= 0.6 is 11.6 Å². The van der Waals surface area contributed by atoms with Gasteiger partial charge in [0.2, 0.25) is 0 Å². The smallest absolute Gasteiger partial charge is 0.122 e. The van der Waals surface area contributed by atoms with Crippen molar-refractivity contribution in [3.8, 4) is 11.5 Å². The van der Waals surface area contributed by atoms with Gasteiger partial charge < -0.3 is 9.47 Å². The molecule has 0 saturated heterocycles. The largest absolute Gasteiger partial charge is 0.497 e. The van der Waals surface area contributed by atoms with Gasteiger partial charge in [-0.2, -0.15) is 0 Å². The highest BCUT2D eigenvalue weighted by molar-refractivity contribution is 6.31. The van der Waals surface area contributed by atoms with E-state index in [1.807, 2.05) is 18.2 Å². The molecule has 0 bridgehead atoms. The summed E-state index contributed by atoms with van der Waals surface area (Å²) in [6, 6.07) is 7.09. The molecule has 0 fully saturated rings. The average molecular weight is 294 g/mol. The molecule has 5 nitrogen and oxygen atoms in total. The predicted octanol–water partition coefficient (Wildman–Crippen LogP) is 2.30. The summed E-state index contributed by atoms with van der Waals surface area (Å²) in [5, 5.41) is 0.539. The highest BCUT2D eigenvalue weighted by Gasteiger charge is 2.17. The predicted molar refractivity (Wildman–Crippen MR) is 78.0 cm³/mol. The van der Waals surface area contributed by atoms with E-state index in [-0.39, 0.29) is 6.04 Å². The Kier molecular flexibility index (Phi) is 4.79. The molecule has 0 radical (unpaired) electrons. The van der Waals surface area contributed by atoms with Crippen LogP contribution in [0.4, 0.5) is 0 Å². The molecule has 0 aliphatic carbocycles. The number of pyridine rings is 1. The van der Waals surface area contributed by atoms with Gasteiger partial charge in [-0.15, -0.1) is 0 Å². The Hall–Kier alpha value is -1.82. The molecule has 3 N–H and O–H groups in total. The number of rotatable bonds is 5. The summed E-state index contributed by atoms with van der Waals surface area (Å²) in [5.74, 6) is 7.05. The topological polar surface area (TPSA) is 69.4 Å². The first-order valence-electron chi connectivity index (χ1n) is 5.98. The highest BCUT2D eigenvalue weighted by atomic mass is 35.5. The number of hydrogen-bond acceptors (Lipinski definition) is 5. The van der Waals surface area contributed by atoms with Crippen molar-refractivity contribution < 1.29 is 9.47 Å². The molecule has 1 aromatic carbocycles. The SMILES string of the molecule is COc1cc(OC)cc(C(NN)c2ccncc2Cl)c1. The molecular weight excluding hydrogens is 278 g/mol. The maximum absolute atomic E-state index is 6.17. The zero-order chi connectivity index (χ0) is 14.5. The van der Waals surface area contributed by atoms with Crippen molar-refractivity contribution in [2.45, 2.75) is 6.04 Å². The Morgan fingerprint density at radius 2 is 1.85 bits per heavy atom. The van der Waals surface area contributed by atoms with E-state index in [4.69, 9.17) is 26.9 Å². The molecule has 0 aliphatic heterocycles. The second kappa shape index (κ2) is 6.56. The van der Waals surface area contributed by atoms with Crippen LogP contribution in [0, 0.1) is 0 Å². The number of ether oxygens (including phenoxy) is 2. The molecular formula is C14H16ClN3O2. The summed E-state index contributed by atoms with van der Waals surface area (Å²) in [5.41, 5.74) is 4.47. The van der Waals surface area contributed by atoms with Crippen molar-refractivity contribution in [2.24, 2.45) is 5.84 Å². The fourth-order valence-electron chi connectivity index (χ4n) is 1.98.